The van der Waals surface area contributed by atoms with E-state index in [1.807, 2.05) is 6.07 Å². The molecule has 7 heteroatoms. The minimum absolute atomic E-state index is 0.0221. The highest BCUT2D eigenvalue weighted by Gasteiger charge is 2.20. The van der Waals surface area contributed by atoms with Gasteiger partial charge in [0.05, 0.1) is 18.1 Å². The molecule has 0 radical (unpaired) electrons. The van der Waals surface area contributed by atoms with Crippen molar-refractivity contribution in [3.8, 4) is 6.07 Å². The standard InChI is InChI=1S/C18H14ClFN2O3/c1-11(18(24)22-13-7-5-12(10-21)6-8-13)25-17(23)9-14-15(19)3-2-4-16(14)20/h2-8,11H,9H2,1H3,(H,22,24)/t11-/m1/s1. The van der Waals surface area contributed by atoms with Crippen molar-refractivity contribution >= 4 is 29.2 Å². The number of halogens is 2. The van der Waals surface area contributed by atoms with Crippen molar-refractivity contribution in [3.63, 3.8) is 0 Å². The first-order chi connectivity index (χ1) is 11.9. The molecule has 0 fully saturated rings. The number of rotatable bonds is 5. The lowest BCUT2D eigenvalue weighted by atomic mass is 10.1. The van der Waals surface area contributed by atoms with E-state index < -0.39 is 23.8 Å². The van der Waals surface area contributed by atoms with Gasteiger partial charge < -0.3 is 10.1 Å². The topological polar surface area (TPSA) is 79.2 Å². The summed E-state index contributed by atoms with van der Waals surface area (Å²) in [4.78, 5) is 23.9. The van der Waals surface area contributed by atoms with Crippen LogP contribution in [0.1, 0.15) is 18.1 Å². The number of carbonyl (C=O) groups excluding carboxylic acids is 2. The summed E-state index contributed by atoms with van der Waals surface area (Å²) in [6.45, 7) is 1.40. The summed E-state index contributed by atoms with van der Waals surface area (Å²) in [7, 11) is 0. The molecule has 1 amide bonds. The SMILES string of the molecule is C[C@@H](OC(=O)Cc1c(F)cccc1Cl)C(=O)Nc1ccc(C#N)cc1. The average Bonchev–Trinajstić information content (AvgIpc) is 2.59. The zero-order valence-electron chi connectivity index (χ0n) is 13.3. The lowest BCUT2D eigenvalue weighted by Gasteiger charge is -2.14. The summed E-state index contributed by atoms with van der Waals surface area (Å²) in [5, 5.41) is 11.4. The third-order valence-electron chi connectivity index (χ3n) is 3.34. The molecule has 2 aromatic carbocycles. The van der Waals surface area contributed by atoms with Crippen LogP contribution in [0.5, 0.6) is 0 Å². The minimum Gasteiger partial charge on any atom is -0.452 e. The Hall–Kier alpha value is -2.91. The molecule has 0 saturated heterocycles. The first kappa shape index (κ1) is 18.4. The van der Waals surface area contributed by atoms with Crippen LogP contribution < -0.4 is 5.32 Å². The number of benzene rings is 2. The van der Waals surface area contributed by atoms with Gasteiger partial charge in [-0.3, -0.25) is 9.59 Å². The highest BCUT2D eigenvalue weighted by molar-refractivity contribution is 6.31. The average molecular weight is 361 g/mol. The van der Waals surface area contributed by atoms with E-state index in [4.69, 9.17) is 21.6 Å². The van der Waals surface area contributed by atoms with Crippen LogP contribution in [0.25, 0.3) is 0 Å². The second kappa shape index (κ2) is 8.27. The Labute approximate surface area is 149 Å². The molecule has 0 aromatic heterocycles. The van der Waals surface area contributed by atoms with Crippen LogP contribution in [-0.4, -0.2) is 18.0 Å². The lowest BCUT2D eigenvalue weighted by Crippen LogP contribution is -2.30. The Morgan fingerprint density at radius 1 is 1.28 bits per heavy atom. The predicted molar refractivity (Wildman–Crippen MR) is 90.5 cm³/mol. The number of carbonyl (C=O) groups is 2. The summed E-state index contributed by atoms with van der Waals surface area (Å²) in [6.07, 6.45) is -1.45. The van der Waals surface area contributed by atoms with E-state index in [2.05, 4.69) is 5.32 Å². The fourth-order valence-electron chi connectivity index (χ4n) is 2.01. The van der Waals surface area contributed by atoms with Crippen LogP contribution in [0.15, 0.2) is 42.5 Å². The molecule has 0 unspecified atom stereocenters. The highest BCUT2D eigenvalue weighted by atomic mass is 35.5. The summed E-state index contributed by atoms with van der Waals surface area (Å²) in [5.74, 6) is -1.92. The predicted octanol–water partition coefficient (Wildman–Crippen LogP) is 3.46. The summed E-state index contributed by atoms with van der Waals surface area (Å²) in [6, 6.07) is 12.3. The second-order valence-corrected chi connectivity index (χ2v) is 5.59. The van der Waals surface area contributed by atoms with E-state index in [9.17, 15) is 14.0 Å². The Bertz CT molecular complexity index is 811. The van der Waals surface area contributed by atoms with E-state index in [1.54, 1.807) is 24.3 Å². The van der Waals surface area contributed by atoms with Gasteiger partial charge in [-0.25, -0.2) is 4.39 Å². The lowest BCUT2D eigenvalue weighted by molar-refractivity contribution is -0.152. The monoisotopic (exact) mass is 360 g/mol. The van der Waals surface area contributed by atoms with Crippen LogP contribution in [0.2, 0.25) is 5.02 Å². The summed E-state index contributed by atoms with van der Waals surface area (Å²) < 4.78 is 18.7. The Morgan fingerprint density at radius 3 is 2.56 bits per heavy atom. The molecule has 128 valence electrons. The van der Waals surface area contributed by atoms with Gasteiger partial charge in [-0.2, -0.15) is 5.26 Å². The van der Waals surface area contributed by atoms with Gasteiger partial charge in [0.1, 0.15) is 5.82 Å². The quantitative estimate of drug-likeness (QED) is 0.828. The molecule has 0 aliphatic heterocycles. The number of hydrogen-bond donors (Lipinski definition) is 1. The van der Waals surface area contributed by atoms with Crippen LogP contribution >= 0.6 is 11.6 Å². The molecule has 0 heterocycles. The molecule has 0 aliphatic carbocycles. The maximum atomic E-state index is 13.7. The van der Waals surface area contributed by atoms with Crippen molar-refractivity contribution in [2.24, 2.45) is 0 Å². The molecule has 5 nitrogen and oxygen atoms in total. The van der Waals surface area contributed by atoms with E-state index in [1.165, 1.54) is 25.1 Å². The fraction of sp³-hybridized carbons (Fsp3) is 0.167. The number of amides is 1. The number of nitrogens with one attached hydrogen (secondary N) is 1. The fourth-order valence-corrected chi connectivity index (χ4v) is 2.24. The Kier molecular flexibility index (Phi) is 6.09. The van der Waals surface area contributed by atoms with Crippen LogP contribution in [0, 0.1) is 17.1 Å². The first-order valence-electron chi connectivity index (χ1n) is 7.34. The Balaban J connectivity index is 1.93. The molecule has 1 atom stereocenters. The van der Waals surface area contributed by atoms with E-state index in [0.29, 0.717) is 11.3 Å². The molecular weight excluding hydrogens is 347 g/mol. The third-order valence-corrected chi connectivity index (χ3v) is 3.70. The van der Waals surface area contributed by atoms with Gasteiger partial charge in [-0.05, 0) is 43.3 Å². The maximum absolute atomic E-state index is 13.7. The van der Waals surface area contributed by atoms with E-state index >= 15 is 0 Å². The van der Waals surface area contributed by atoms with E-state index in [0.717, 1.165) is 0 Å². The van der Waals surface area contributed by atoms with Crippen molar-refractivity contribution in [3.05, 3.63) is 64.4 Å². The minimum atomic E-state index is -1.08. The maximum Gasteiger partial charge on any atom is 0.311 e. The summed E-state index contributed by atoms with van der Waals surface area (Å²) >= 11 is 5.85. The molecule has 0 bridgehead atoms. The van der Waals surface area contributed by atoms with Crippen LogP contribution in [-0.2, 0) is 20.7 Å². The molecule has 2 aromatic rings. The molecular formula is C18H14ClFN2O3. The second-order valence-electron chi connectivity index (χ2n) is 5.19. The van der Waals surface area contributed by atoms with Crippen LogP contribution in [0.4, 0.5) is 10.1 Å². The van der Waals surface area contributed by atoms with Gasteiger partial charge in [0.15, 0.2) is 6.10 Å². The number of anilines is 1. The zero-order chi connectivity index (χ0) is 18.4. The molecule has 1 N–H and O–H groups in total. The number of nitriles is 1. The van der Waals surface area contributed by atoms with Crippen molar-refractivity contribution < 1.29 is 18.7 Å². The number of nitrogens with zero attached hydrogens (tertiary/aromatic N) is 1. The van der Waals surface area contributed by atoms with Gasteiger partial charge in [-0.15, -0.1) is 0 Å². The summed E-state index contributed by atoms with van der Waals surface area (Å²) in [5.41, 5.74) is 0.942. The number of ether oxygens (including phenoxy) is 1. The highest BCUT2D eigenvalue weighted by Crippen LogP contribution is 2.20. The van der Waals surface area contributed by atoms with Crippen LogP contribution in [0.3, 0.4) is 0 Å². The normalized spacial score (nSPS) is 11.3. The zero-order valence-corrected chi connectivity index (χ0v) is 14.0. The Morgan fingerprint density at radius 2 is 1.96 bits per heavy atom. The molecule has 0 aliphatic rings. The molecule has 0 spiro atoms. The number of esters is 1. The molecule has 25 heavy (non-hydrogen) atoms. The number of hydrogen-bond acceptors (Lipinski definition) is 4. The largest absolute Gasteiger partial charge is 0.452 e. The van der Waals surface area contributed by atoms with Gasteiger partial charge in [0.2, 0.25) is 0 Å². The van der Waals surface area contributed by atoms with Gasteiger partial charge in [0, 0.05) is 16.3 Å². The van der Waals surface area contributed by atoms with Gasteiger partial charge in [-0.1, -0.05) is 17.7 Å². The smallest absolute Gasteiger partial charge is 0.311 e. The first-order valence-corrected chi connectivity index (χ1v) is 7.72. The molecule has 2 rings (SSSR count). The van der Waals surface area contributed by atoms with E-state index in [-0.39, 0.29) is 17.0 Å². The van der Waals surface area contributed by atoms with Gasteiger partial charge >= 0.3 is 5.97 Å². The van der Waals surface area contributed by atoms with Crippen molar-refractivity contribution in [2.45, 2.75) is 19.4 Å². The van der Waals surface area contributed by atoms with Crippen molar-refractivity contribution in [1.82, 2.24) is 0 Å². The van der Waals surface area contributed by atoms with Gasteiger partial charge in [0.25, 0.3) is 5.91 Å². The third kappa shape index (κ3) is 5.03. The molecule has 0 saturated carbocycles. The van der Waals surface area contributed by atoms with Crippen molar-refractivity contribution in [1.29, 1.82) is 5.26 Å². The van der Waals surface area contributed by atoms with Crippen molar-refractivity contribution in [2.75, 3.05) is 5.32 Å².